The molecule has 0 spiro atoms. The molecule has 1 heterocycles. The zero-order chi connectivity index (χ0) is 13.1. The molecule has 0 amide bonds. The molecule has 1 aliphatic heterocycles. The predicted molar refractivity (Wildman–Crippen MR) is 77.3 cm³/mol. The first-order valence-corrected chi connectivity index (χ1v) is 6.47. The SMILES string of the molecule is O=C(C1=CN(c2ccccc2)CC1)c1ccccc1. The van der Waals surface area contributed by atoms with Crippen LogP contribution in [0, 0.1) is 0 Å². The molecule has 2 heteroatoms. The van der Waals surface area contributed by atoms with Gasteiger partial charge in [0, 0.05) is 29.6 Å². The number of nitrogens with zero attached hydrogens (tertiary/aromatic N) is 1. The van der Waals surface area contributed by atoms with Gasteiger partial charge in [-0.2, -0.15) is 0 Å². The molecule has 0 saturated heterocycles. The van der Waals surface area contributed by atoms with Crippen LogP contribution >= 0.6 is 0 Å². The largest absolute Gasteiger partial charge is 0.347 e. The minimum Gasteiger partial charge on any atom is -0.347 e. The average Bonchev–Trinajstić information content (AvgIpc) is 2.98. The van der Waals surface area contributed by atoms with Gasteiger partial charge < -0.3 is 4.90 Å². The molecule has 0 atom stereocenters. The van der Waals surface area contributed by atoms with Gasteiger partial charge in [-0.15, -0.1) is 0 Å². The monoisotopic (exact) mass is 249 g/mol. The molecule has 94 valence electrons. The van der Waals surface area contributed by atoms with E-state index >= 15 is 0 Å². The summed E-state index contributed by atoms with van der Waals surface area (Å²) in [5.41, 5.74) is 2.79. The second-order valence-electron chi connectivity index (χ2n) is 4.63. The quantitative estimate of drug-likeness (QED) is 0.774. The van der Waals surface area contributed by atoms with Crippen molar-refractivity contribution in [3.05, 3.63) is 78.0 Å². The number of ketones is 1. The first-order chi connectivity index (χ1) is 9.34. The molecule has 0 bridgehead atoms. The Kier molecular flexibility index (Phi) is 3.15. The van der Waals surface area contributed by atoms with Crippen LogP contribution in [0.2, 0.25) is 0 Å². The summed E-state index contributed by atoms with van der Waals surface area (Å²) in [6, 6.07) is 19.6. The molecule has 0 N–H and O–H groups in total. The molecule has 2 nitrogen and oxygen atoms in total. The fourth-order valence-electron chi connectivity index (χ4n) is 2.33. The molecule has 3 rings (SSSR count). The maximum atomic E-state index is 12.3. The minimum absolute atomic E-state index is 0.138. The third-order valence-electron chi connectivity index (χ3n) is 3.35. The summed E-state index contributed by atoms with van der Waals surface area (Å²) in [4.78, 5) is 14.5. The molecule has 1 aliphatic rings. The Morgan fingerprint density at radius 2 is 1.53 bits per heavy atom. The number of hydrogen-bond acceptors (Lipinski definition) is 2. The molecule has 0 saturated carbocycles. The lowest BCUT2D eigenvalue weighted by Crippen LogP contribution is -2.11. The summed E-state index contributed by atoms with van der Waals surface area (Å²) in [6.07, 6.45) is 2.79. The number of hydrogen-bond donors (Lipinski definition) is 0. The molecule has 2 aromatic carbocycles. The summed E-state index contributed by atoms with van der Waals surface area (Å²) in [7, 11) is 0. The average molecular weight is 249 g/mol. The fraction of sp³-hybridized carbons (Fsp3) is 0.118. The Balaban J connectivity index is 1.82. The van der Waals surface area contributed by atoms with Crippen molar-refractivity contribution in [2.45, 2.75) is 6.42 Å². The number of carbonyl (C=O) groups is 1. The molecule has 0 unspecified atom stereocenters. The lowest BCUT2D eigenvalue weighted by atomic mass is 10.0. The van der Waals surface area contributed by atoms with Crippen molar-refractivity contribution in [3.63, 3.8) is 0 Å². The number of anilines is 1. The van der Waals surface area contributed by atoms with Crippen LogP contribution in [-0.4, -0.2) is 12.3 Å². The van der Waals surface area contributed by atoms with Gasteiger partial charge in [-0.3, -0.25) is 4.79 Å². The van der Waals surface area contributed by atoms with Crippen LogP contribution in [0.5, 0.6) is 0 Å². The van der Waals surface area contributed by atoms with Gasteiger partial charge in [0.2, 0.25) is 0 Å². The van der Waals surface area contributed by atoms with E-state index in [2.05, 4.69) is 17.0 Å². The van der Waals surface area contributed by atoms with Crippen LogP contribution < -0.4 is 4.90 Å². The highest BCUT2D eigenvalue weighted by molar-refractivity contribution is 6.09. The molecule has 0 radical (unpaired) electrons. The van der Waals surface area contributed by atoms with Gasteiger partial charge in [-0.25, -0.2) is 0 Å². The van der Waals surface area contributed by atoms with Gasteiger partial charge in [-0.05, 0) is 18.6 Å². The highest BCUT2D eigenvalue weighted by atomic mass is 16.1. The van der Waals surface area contributed by atoms with Crippen LogP contribution in [0.1, 0.15) is 16.8 Å². The van der Waals surface area contributed by atoms with Crippen molar-refractivity contribution in [1.82, 2.24) is 0 Å². The van der Waals surface area contributed by atoms with Crippen LogP contribution in [0.3, 0.4) is 0 Å². The lowest BCUT2D eigenvalue weighted by Gasteiger charge is -2.14. The lowest BCUT2D eigenvalue weighted by molar-refractivity contribution is 0.103. The molecule has 0 aromatic heterocycles. The van der Waals surface area contributed by atoms with Crippen LogP contribution in [0.25, 0.3) is 0 Å². The molecule has 19 heavy (non-hydrogen) atoms. The third kappa shape index (κ3) is 2.43. The van der Waals surface area contributed by atoms with Crippen LogP contribution in [0.4, 0.5) is 5.69 Å². The first-order valence-electron chi connectivity index (χ1n) is 6.47. The summed E-state index contributed by atoms with van der Waals surface area (Å²) >= 11 is 0. The van der Waals surface area contributed by atoms with Gasteiger partial charge in [0.1, 0.15) is 0 Å². The fourth-order valence-corrected chi connectivity index (χ4v) is 2.33. The van der Waals surface area contributed by atoms with E-state index < -0.39 is 0 Å². The van der Waals surface area contributed by atoms with Crippen molar-refractivity contribution < 1.29 is 4.79 Å². The summed E-state index contributed by atoms with van der Waals surface area (Å²) in [6.45, 7) is 0.873. The molecule has 2 aromatic rings. The summed E-state index contributed by atoms with van der Waals surface area (Å²) in [5, 5.41) is 0. The number of carbonyl (C=O) groups excluding carboxylic acids is 1. The molecular formula is C17H15NO. The highest BCUT2D eigenvalue weighted by Gasteiger charge is 2.20. The first kappa shape index (κ1) is 11.7. The summed E-state index contributed by atoms with van der Waals surface area (Å²) in [5.74, 6) is 0.138. The van der Waals surface area contributed by atoms with Crippen LogP contribution in [-0.2, 0) is 0 Å². The predicted octanol–water partition coefficient (Wildman–Crippen LogP) is 3.66. The van der Waals surface area contributed by atoms with Gasteiger partial charge in [0.15, 0.2) is 5.78 Å². The van der Waals surface area contributed by atoms with Gasteiger partial charge in [0.05, 0.1) is 0 Å². The minimum atomic E-state index is 0.138. The van der Waals surface area contributed by atoms with E-state index in [1.165, 1.54) is 0 Å². The van der Waals surface area contributed by atoms with Crippen molar-refractivity contribution in [2.75, 3.05) is 11.4 Å². The smallest absolute Gasteiger partial charge is 0.190 e. The van der Waals surface area contributed by atoms with Crippen LogP contribution in [0.15, 0.2) is 72.4 Å². The standard InChI is InChI=1S/C17H15NO/c19-17(14-7-3-1-4-8-14)15-11-12-18(13-15)16-9-5-2-6-10-16/h1-10,13H,11-12H2. The Morgan fingerprint density at radius 1 is 0.895 bits per heavy atom. The van der Waals surface area contributed by atoms with E-state index in [0.717, 1.165) is 29.8 Å². The van der Waals surface area contributed by atoms with Crippen molar-refractivity contribution in [1.29, 1.82) is 0 Å². The Bertz CT molecular complexity index is 602. The van der Waals surface area contributed by atoms with E-state index in [1.807, 2.05) is 54.7 Å². The topological polar surface area (TPSA) is 20.3 Å². The van der Waals surface area contributed by atoms with Crippen molar-refractivity contribution in [2.24, 2.45) is 0 Å². The number of para-hydroxylation sites is 1. The normalized spacial score (nSPS) is 14.3. The van der Waals surface area contributed by atoms with Gasteiger partial charge in [-0.1, -0.05) is 48.5 Å². The number of Topliss-reactive ketones (excluding diaryl/α,β-unsaturated/α-hetero) is 1. The zero-order valence-corrected chi connectivity index (χ0v) is 10.6. The Morgan fingerprint density at radius 3 is 2.21 bits per heavy atom. The zero-order valence-electron chi connectivity index (χ0n) is 10.6. The van der Waals surface area contributed by atoms with Gasteiger partial charge >= 0.3 is 0 Å². The van der Waals surface area contributed by atoms with Crippen molar-refractivity contribution in [3.8, 4) is 0 Å². The molecular weight excluding hydrogens is 234 g/mol. The van der Waals surface area contributed by atoms with E-state index in [4.69, 9.17) is 0 Å². The third-order valence-corrected chi connectivity index (χ3v) is 3.35. The second-order valence-corrected chi connectivity index (χ2v) is 4.63. The Labute approximate surface area is 113 Å². The maximum absolute atomic E-state index is 12.3. The summed E-state index contributed by atoms with van der Waals surface area (Å²) < 4.78 is 0. The molecule has 0 fully saturated rings. The number of rotatable bonds is 3. The van der Waals surface area contributed by atoms with Gasteiger partial charge in [0.25, 0.3) is 0 Å². The van der Waals surface area contributed by atoms with Crippen molar-refractivity contribution >= 4 is 11.5 Å². The highest BCUT2D eigenvalue weighted by Crippen LogP contribution is 2.24. The van der Waals surface area contributed by atoms with E-state index in [0.29, 0.717) is 0 Å². The molecule has 0 aliphatic carbocycles. The van der Waals surface area contributed by atoms with E-state index in [9.17, 15) is 4.79 Å². The second kappa shape index (κ2) is 5.11. The van der Waals surface area contributed by atoms with E-state index in [-0.39, 0.29) is 5.78 Å². The Hall–Kier alpha value is -2.35. The van der Waals surface area contributed by atoms with E-state index in [1.54, 1.807) is 0 Å². The maximum Gasteiger partial charge on any atom is 0.190 e. The number of benzene rings is 2.